The van der Waals surface area contributed by atoms with Crippen LogP contribution in [0.1, 0.15) is 52.9 Å². The molecule has 4 fully saturated rings. The molecule has 0 saturated heterocycles. The Morgan fingerprint density at radius 2 is 1.00 bits per heavy atom. The highest BCUT2D eigenvalue weighted by atomic mass is 16.3. The molecule has 0 radical (unpaired) electrons. The maximum Gasteiger partial charge on any atom is 0.0676 e. The molecular weight excluding hydrogens is 212 g/mol. The minimum absolute atomic E-state index is 0.397. The fraction of sp³-hybridized carbons (Fsp3) is 1.00. The van der Waals surface area contributed by atoms with E-state index in [9.17, 15) is 10.2 Å². The average molecular weight is 238 g/mol. The van der Waals surface area contributed by atoms with E-state index < -0.39 is 11.2 Å². The van der Waals surface area contributed by atoms with Crippen molar-refractivity contribution in [2.45, 2.75) is 64.1 Å². The molecule has 4 rings (SSSR count). The van der Waals surface area contributed by atoms with Gasteiger partial charge in [-0.3, -0.25) is 0 Å². The highest BCUT2D eigenvalue weighted by Gasteiger charge is 2.57. The topological polar surface area (TPSA) is 40.5 Å². The second-order valence-electron chi connectivity index (χ2n) is 7.52. The van der Waals surface area contributed by atoms with Crippen LogP contribution in [0.15, 0.2) is 0 Å². The molecule has 2 nitrogen and oxygen atoms in total. The molecule has 0 aromatic carbocycles. The predicted molar refractivity (Wildman–Crippen MR) is 67.5 cm³/mol. The van der Waals surface area contributed by atoms with Gasteiger partial charge in [0.15, 0.2) is 0 Å². The lowest BCUT2D eigenvalue weighted by atomic mass is 9.49. The van der Waals surface area contributed by atoms with Crippen LogP contribution in [-0.4, -0.2) is 21.4 Å². The molecule has 4 aliphatic carbocycles. The molecule has 0 unspecified atom stereocenters. The van der Waals surface area contributed by atoms with Gasteiger partial charge in [0.05, 0.1) is 11.2 Å². The molecule has 0 aromatic rings. The van der Waals surface area contributed by atoms with Crippen molar-refractivity contribution >= 4 is 0 Å². The molecule has 2 N–H and O–H groups in total. The van der Waals surface area contributed by atoms with Gasteiger partial charge in [0, 0.05) is 0 Å². The Morgan fingerprint density at radius 1 is 0.706 bits per heavy atom. The lowest BCUT2D eigenvalue weighted by molar-refractivity contribution is -0.204. The summed E-state index contributed by atoms with van der Waals surface area (Å²) in [6, 6.07) is 0. The van der Waals surface area contributed by atoms with E-state index in [1.807, 2.05) is 13.8 Å². The van der Waals surface area contributed by atoms with Gasteiger partial charge in [-0.2, -0.15) is 0 Å². The molecule has 17 heavy (non-hydrogen) atoms. The van der Waals surface area contributed by atoms with Crippen molar-refractivity contribution in [3.05, 3.63) is 0 Å². The molecule has 98 valence electrons. The maximum absolute atomic E-state index is 10.8. The monoisotopic (exact) mass is 238 g/mol. The number of aliphatic hydroxyl groups is 2. The lowest BCUT2D eigenvalue weighted by Crippen LogP contribution is -2.61. The summed E-state index contributed by atoms with van der Waals surface area (Å²) < 4.78 is 0. The van der Waals surface area contributed by atoms with Gasteiger partial charge in [-0.1, -0.05) is 6.92 Å². The fourth-order valence-corrected chi connectivity index (χ4v) is 5.06. The van der Waals surface area contributed by atoms with Crippen molar-refractivity contribution in [2.75, 3.05) is 0 Å². The second kappa shape index (κ2) is 3.48. The van der Waals surface area contributed by atoms with Gasteiger partial charge < -0.3 is 10.2 Å². The first-order valence-electron chi connectivity index (χ1n) is 7.26. The van der Waals surface area contributed by atoms with Gasteiger partial charge in [-0.15, -0.1) is 0 Å². The summed E-state index contributed by atoms with van der Waals surface area (Å²) in [5, 5.41) is 21.6. The first-order valence-corrected chi connectivity index (χ1v) is 7.26. The molecule has 0 spiro atoms. The molecule has 4 aliphatic rings. The third-order valence-corrected chi connectivity index (χ3v) is 6.39. The zero-order valence-corrected chi connectivity index (χ0v) is 11.3. The second-order valence-corrected chi connectivity index (χ2v) is 7.52. The maximum atomic E-state index is 10.8. The van der Waals surface area contributed by atoms with Crippen molar-refractivity contribution < 1.29 is 10.2 Å². The summed E-state index contributed by atoms with van der Waals surface area (Å²) in [5.74, 6) is 2.28. The first-order chi connectivity index (χ1) is 7.81. The van der Waals surface area contributed by atoms with Gasteiger partial charge >= 0.3 is 0 Å². The predicted octanol–water partition coefficient (Wildman–Crippen LogP) is 2.58. The van der Waals surface area contributed by atoms with Crippen LogP contribution < -0.4 is 0 Å². The Kier molecular flexibility index (Phi) is 2.45. The van der Waals surface area contributed by atoms with Crippen molar-refractivity contribution in [1.29, 1.82) is 0 Å². The highest BCUT2D eigenvalue weighted by molar-refractivity contribution is 5.08. The van der Waals surface area contributed by atoms with Gasteiger partial charge in [0.25, 0.3) is 0 Å². The minimum Gasteiger partial charge on any atom is -0.390 e. The van der Waals surface area contributed by atoms with Crippen molar-refractivity contribution in [3.8, 4) is 0 Å². The van der Waals surface area contributed by atoms with Crippen LogP contribution in [0.25, 0.3) is 0 Å². The van der Waals surface area contributed by atoms with E-state index in [2.05, 4.69) is 6.92 Å². The van der Waals surface area contributed by atoms with Gasteiger partial charge in [0.2, 0.25) is 0 Å². The zero-order valence-electron chi connectivity index (χ0n) is 11.3. The first kappa shape index (κ1) is 12.0. The summed E-state index contributed by atoms with van der Waals surface area (Å²) in [6.45, 7) is 6.38. The Balaban J connectivity index is 2.00. The minimum atomic E-state index is -0.486. The van der Waals surface area contributed by atoms with Crippen LogP contribution in [0.4, 0.5) is 0 Å². The van der Waals surface area contributed by atoms with Crippen molar-refractivity contribution in [1.82, 2.24) is 0 Å². The van der Waals surface area contributed by atoms with Gasteiger partial charge in [-0.25, -0.2) is 0 Å². The molecule has 4 bridgehead atoms. The van der Waals surface area contributed by atoms with Crippen LogP contribution in [0.2, 0.25) is 0 Å². The van der Waals surface area contributed by atoms with Crippen LogP contribution in [0.3, 0.4) is 0 Å². The number of hydrogen-bond donors (Lipinski definition) is 2. The largest absolute Gasteiger partial charge is 0.390 e. The van der Waals surface area contributed by atoms with Crippen LogP contribution in [0.5, 0.6) is 0 Å². The smallest absolute Gasteiger partial charge is 0.0676 e. The summed E-state index contributed by atoms with van der Waals surface area (Å²) >= 11 is 0. The summed E-state index contributed by atoms with van der Waals surface area (Å²) in [5.41, 5.74) is -0.972. The van der Waals surface area contributed by atoms with E-state index in [0.717, 1.165) is 32.1 Å². The standard InChI is InChI=1S/C15H26O2/c1-9-4-10-6-13-8-12(14(10,2)16)7-11(5-9)15(13,3)17/h9-13,16-17H,4-8H2,1-3H3/t10-,11-,12+,13+,14-,15-/m1/s1. The van der Waals surface area contributed by atoms with E-state index in [1.54, 1.807) is 0 Å². The Bertz CT molecular complexity index is 291. The Hall–Kier alpha value is -0.0800. The molecule has 0 aromatic heterocycles. The fourth-order valence-electron chi connectivity index (χ4n) is 5.06. The van der Waals surface area contributed by atoms with Crippen LogP contribution in [-0.2, 0) is 0 Å². The number of fused-ring (bicyclic) bond motifs is 2. The Labute approximate surface area is 104 Å². The zero-order chi connectivity index (χ0) is 12.4. The van der Waals surface area contributed by atoms with E-state index in [4.69, 9.17) is 0 Å². The van der Waals surface area contributed by atoms with E-state index >= 15 is 0 Å². The molecule has 6 atom stereocenters. The van der Waals surface area contributed by atoms with E-state index in [0.29, 0.717) is 29.6 Å². The van der Waals surface area contributed by atoms with Gasteiger partial charge in [0.1, 0.15) is 0 Å². The third kappa shape index (κ3) is 1.60. The molecule has 0 heterocycles. The quantitative estimate of drug-likeness (QED) is 0.681. The molecule has 4 saturated carbocycles. The molecular formula is C15H26O2. The number of rotatable bonds is 0. The summed E-state index contributed by atoms with van der Waals surface area (Å²) in [7, 11) is 0. The van der Waals surface area contributed by atoms with E-state index in [-0.39, 0.29) is 0 Å². The summed E-state index contributed by atoms with van der Waals surface area (Å²) in [4.78, 5) is 0. The molecule has 2 heteroatoms. The lowest BCUT2D eigenvalue weighted by Gasteiger charge is -2.59. The van der Waals surface area contributed by atoms with Crippen molar-refractivity contribution in [3.63, 3.8) is 0 Å². The van der Waals surface area contributed by atoms with Crippen LogP contribution >= 0.6 is 0 Å². The van der Waals surface area contributed by atoms with E-state index in [1.165, 1.54) is 0 Å². The average Bonchev–Trinajstić information content (AvgIpc) is 2.21. The van der Waals surface area contributed by atoms with Gasteiger partial charge in [-0.05, 0) is 75.5 Å². The number of hydrogen-bond acceptors (Lipinski definition) is 2. The molecule has 0 amide bonds. The highest BCUT2D eigenvalue weighted by Crippen LogP contribution is 2.58. The molecule has 0 aliphatic heterocycles. The summed E-state index contributed by atoms with van der Waals surface area (Å²) in [6.07, 6.45) is 5.37. The van der Waals surface area contributed by atoms with Crippen molar-refractivity contribution in [2.24, 2.45) is 29.6 Å². The Morgan fingerprint density at radius 3 is 1.35 bits per heavy atom. The third-order valence-electron chi connectivity index (χ3n) is 6.39. The SMILES string of the molecule is CC1C[C@@H]2C[C@H]3C[C@H](C[C@@H](C1)[C@@]3(C)O)[C@]2(C)O. The van der Waals surface area contributed by atoms with Crippen LogP contribution in [0, 0.1) is 29.6 Å². The normalized spacial score (nSPS) is 62.3.